The van der Waals surface area contributed by atoms with Gasteiger partial charge in [-0.3, -0.25) is 19.2 Å². The van der Waals surface area contributed by atoms with E-state index in [1.54, 1.807) is 17.0 Å². The number of benzene rings is 2. The number of esters is 2. The Kier molecular flexibility index (Phi) is 9.14. The van der Waals surface area contributed by atoms with E-state index in [9.17, 15) is 19.2 Å². The number of H-pyrrole nitrogens is 2. The molecule has 10 nitrogen and oxygen atoms in total. The number of alkyl halides is 2. The van der Waals surface area contributed by atoms with Crippen molar-refractivity contribution >= 4 is 80.1 Å². The number of ether oxygens (including phenoxy) is 2. The van der Waals surface area contributed by atoms with Gasteiger partial charge in [0, 0.05) is 97.7 Å². The van der Waals surface area contributed by atoms with Crippen LogP contribution in [0.2, 0.25) is 0 Å². The number of rotatable bonds is 9. The summed E-state index contributed by atoms with van der Waals surface area (Å²) in [5.74, 6) is 0.436. The van der Waals surface area contributed by atoms with E-state index < -0.39 is 17.4 Å². The zero-order valence-electron chi connectivity index (χ0n) is 28.8. The standard InChI is InChI=1S/C38H42Cl2N4O6/c1-20-16-41-35-28(49-22(3)45)12-26-33(31(20)35)24(14-39)18-43(26)30(47)8-7-11-38(9-5-6-10-38)37(48)44-19-25(15-40)34-27(44)13-29(50-23(4)46)36-32(34)21(2)17-42-36/h12-13,16-17,24-25,41-42H,5-11,14-15,18-19H2,1-4H3. The minimum absolute atomic E-state index is 0.0442. The molecule has 1 fully saturated rings. The van der Waals surface area contributed by atoms with Gasteiger partial charge in [0.15, 0.2) is 11.5 Å². The number of carbonyl (C=O) groups excluding carboxylic acids is 4. The molecular weight excluding hydrogens is 679 g/mol. The summed E-state index contributed by atoms with van der Waals surface area (Å²) in [5, 5.41) is 1.87. The number of nitrogens with one attached hydrogen (secondary N) is 2. The summed E-state index contributed by atoms with van der Waals surface area (Å²) in [5.41, 5.74) is 6.27. The van der Waals surface area contributed by atoms with E-state index >= 15 is 0 Å². The van der Waals surface area contributed by atoms with E-state index in [1.807, 2.05) is 31.1 Å². The van der Waals surface area contributed by atoms with Gasteiger partial charge in [0.05, 0.1) is 22.4 Å². The van der Waals surface area contributed by atoms with Crippen molar-refractivity contribution in [1.29, 1.82) is 0 Å². The highest BCUT2D eigenvalue weighted by molar-refractivity contribution is 6.19. The van der Waals surface area contributed by atoms with Crippen molar-refractivity contribution in [2.75, 3.05) is 34.6 Å². The fourth-order valence-corrected chi connectivity index (χ4v) is 9.30. The molecule has 0 bridgehead atoms. The molecule has 2 amide bonds. The Morgan fingerprint density at radius 1 is 0.800 bits per heavy atom. The molecule has 4 heterocycles. The Morgan fingerprint density at radius 3 is 1.76 bits per heavy atom. The Labute approximate surface area is 300 Å². The van der Waals surface area contributed by atoms with Crippen LogP contribution in [0.5, 0.6) is 11.5 Å². The molecular formula is C38H42Cl2N4O6. The van der Waals surface area contributed by atoms with Crippen molar-refractivity contribution < 1.29 is 28.7 Å². The predicted octanol–water partition coefficient (Wildman–Crippen LogP) is 7.89. The molecule has 2 aliphatic heterocycles. The highest BCUT2D eigenvalue weighted by Crippen LogP contribution is 2.51. The van der Waals surface area contributed by atoms with Gasteiger partial charge in [-0.1, -0.05) is 12.8 Å². The number of hydrogen-bond acceptors (Lipinski definition) is 6. The monoisotopic (exact) mass is 720 g/mol. The molecule has 50 heavy (non-hydrogen) atoms. The normalized spacial score (nSPS) is 19.3. The average Bonchev–Trinajstić information content (AvgIpc) is 3.90. The molecule has 2 N–H and O–H groups in total. The van der Waals surface area contributed by atoms with Crippen LogP contribution in [0.4, 0.5) is 11.4 Å². The summed E-state index contributed by atoms with van der Waals surface area (Å²) in [6, 6.07) is 3.57. The number of fused-ring (bicyclic) bond motifs is 6. The van der Waals surface area contributed by atoms with Crippen molar-refractivity contribution in [3.05, 3.63) is 46.8 Å². The lowest BCUT2D eigenvalue weighted by Crippen LogP contribution is -2.42. The zero-order valence-corrected chi connectivity index (χ0v) is 30.4. The number of aryl methyl sites for hydroxylation is 2. The van der Waals surface area contributed by atoms with Crippen molar-refractivity contribution in [2.45, 2.75) is 84.5 Å². The van der Waals surface area contributed by atoms with Gasteiger partial charge in [0.1, 0.15) is 0 Å². The molecule has 7 rings (SSSR count). The Morgan fingerprint density at radius 2 is 1.28 bits per heavy atom. The van der Waals surface area contributed by atoms with E-state index in [2.05, 4.69) is 9.97 Å². The second-order valence-electron chi connectivity index (χ2n) is 14.2. The molecule has 2 aromatic heterocycles. The molecule has 0 radical (unpaired) electrons. The summed E-state index contributed by atoms with van der Waals surface area (Å²) in [6.45, 7) is 7.59. The van der Waals surface area contributed by atoms with E-state index in [1.165, 1.54) is 13.8 Å². The Balaban J connectivity index is 1.15. The maximum absolute atomic E-state index is 14.7. The van der Waals surface area contributed by atoms with Gasteiger partial charge in [0.25, 0.3) is 0 Å². The lowest BCUT2D eigenvalue weighted by Gasteiger charge is -2.33. The first kappa shape index (κ1) is 34.4. The molecule has 0 saturated heterocycles. The van der Waals surface area contributed by atoms with E-state index in [0.29, 0.717) is 49.2 Å². The largest absolute Gasteiger partial charge is 0.424 e. The molecule has 2 unspecified atom stereocenters. The van der Waals surface area contributed by atoms with Crippen LogP contribution in [0.25, 0.3) is 21.8 Å². The van der Waals surface area contributed by atoms with E-state index in [0.717, 1.165) is 81.1 Å². The van der Waals surface area contributed by atoms with Crippen LogP contribution in [0.3, 0.4) is 0 Å². The maximum Gasteiger partial charge on any atom is 0.308 e. The fourth-order valence-electron chi connectivity index (χ4n) is 8.80. The molecule has 12 heteroatoms. The van der Waals surface area contributed by atoms with Crippen LogP contribution in [-0.4, -0.2) is 58.6 Å². The van der Waals surface area contributed by atoms with Crippen LogP contribution in [0.15, 0.2) is 24.5 Å². The van der Waals surface area contributed by atoms with Crippen molar-refractivity contribution in [3.63, 3.8) is 0 Å². The van der Waals surface area contributed by atoms with Crippen LogP contribution in [0, 0.1) is 19.3 Å². The van der Waals surface area contributed by atoms with Crippen molar-refractivity contribution in [2.24, 2.45) is 5.41 Å². The number of amides is 2. The third-order valence-electron chi connectivity index (χ3n) is 11.0. The van der Waals surface area contributed by atoms with Crippen LogP contribution >= 0.6 is 23.2 Å². The summed E-state index contributed by atoms with van der Waals surface area (Å²) in [6.07, 6.45) is 8.51. The number of aromatic amines is 2. The lowest BCUT2D eigenvalue weighted by atomic mass is 9.79. The topological polar surface area (TPSA) is 125 Å². The number of anilines is 2. The number of carbonyl (C=O) groups is 4. The molecule has 264 valence electrons. The predicted molar refractivity (Wildman–Crippen MR) is 195 cm³/mol. The number of nitrogens with zero attached hydrogens (tertiary/aromatic N) is 2. The summed E-state index contributed by atoms with van der Waals surface area (Å²) in [7, 11) is 0. The zero-order chi connectivity index (χ0) is 35.5. The number of aromatic nitrogens is 2. The van der Waals surface area contributed by atoms with Gasteiger partial charge in [-0.05, 0) is 61.8 Å². The first-order valence-electron chi connectivity index (χ1n) is 17.4. The number of halogens is 2. The molecule has 4 aromatic rings. The third-order valence-corrected chi connectivity index (χ3v) is 11.7. The minimum Gasteiger partial charge on any atom is -0.424 e. The van der Waals surface area contributed by atoms with Gasteiger partial charge < -0.3 is 29.2 Å². The van der Waals surface area contributed by atoms with Gasteiger partial charge in [-0.2, -0.15) is 0 Å². The maximum atomic E-state index is 14.7. The fraction of sp³-hybridized carbons (Fsp3) is 0.474. The molecule has 1 aliphatic carbocycles. The van der Waals surface area contributed by atoms with Gasteiger partial charge >= 0.3 is 11.9 Å². The highest BCUT2D eigenvalue weighted by Gasteiger charge is 2.47. The SMILES string of the molecule is CC(=O)Oc1cc2c(c3c(C)c[nH]c13)C(CCl)CN2C(=O)CCCC1(C(=O)N2CC(CCl)c3c2cc(OC(C)=O)c2[nH]cc(C)c32)CCCC1. The quantitative estimate of drug-likeness (QED) is 0.103. The molecule has 3 aliphatic rings. The highest BCUT2D eigenvalue weighted by atomic mass is 35.5. The molecule has 2 atom stereocenters. The van der Waals surface area contributed by atoms with Crippen LogP contribution in [0.1, 0.15) is 92.9 Å². The molecule has 0 spiro atoms. The van der Waals surface area contributed by atoms with Crippen molar-refractivity contribution in [3.8, 4) is 11.5 Å². The summed E-state index contributed by atoms with van der Waals surface area (Å²) < 4.78 is 11.2. The van der Waals surface area contributed by atoms with Gasteiger partial charge in [0.2, 0.25) is 11.8 Å². The molecule has 2 aromatic carbocycles. The average molecular weight is 722 g/mol. The second-order valence-corrected chi connectivity index (χ2v) is 14.8. The lowest BCUT2D eigenvalue weighted by molar-refractivity contribution is -0.132. The van der Waals surface area contributed by atoms with E-state index in [4.69, 9.17) is 32.7 Å². The van der Waals surface area contributed by atoms with Gasteiger partial charge in [-0.25, -0.2) is 0 Å². The minimum atomic E-state index is -0.610. The first-order valence-corrected chi connectivity index (χ1v) is 18.4. The number of hydrogen-bond donors (Lipinski definition) is 2. The van der Waals surface area contributed by atoms with Crippen LogP contribution < -0.4 is 19.3 Å². The Hall–Kier alpha value is -4.02. The second kappa shape index (κ2) is 13.3. The third kappa shape index (κ3) is 5.64. The first-order chi connectivity index (χ1) is 24.0. The Bertz CT molecular complexity index is 2040. The summed E-state index contributed by atoms with van der Waals surface area (Å²) >= 11 is 13.0. The molecule has 1 saturated carbocycles. The van der Waals surface area contributed by atoms with Gasteiger partial charge in [-0.15, -0.1) is 23.2 Å². The van der Waals surface area contributed by atoms with Crippen molar-refractivity contribution in [1.82, 2.24) is 9.97 Å². The van der Waals surface area contributed by atoms with E-state index in [-0.39, 0.29) is 30.1 Å². The summed E-state index contributed by atoms with van der Waals surface area (Å²) in [4.78, 5) is 62.8. The smallest absolute Gasteiger partial charge is 0.308 e. The van der Waals surface area contributed by atoms with Crippen LogP contribution in [-0.2, 0) is 19.2 Å².